The van der Waals surface area contributed by atoms with Crippen LogP contribution in [-0.2, 0) is 9.53 Å². The van der Waals surface area contributed by atoms with Crippen LogP contribution in [0.2, 0.25) is 0 Å². The topological polar surface area (TPSA) is 41.9 Å². The number of nitrogens with zero attached hydrogens (tertiary/aromatic N) is 2. The van der Waals surface area contributed by atoms with Crippen LogP contribution in [0, 0.1) is 0 Å². The Morgan fingerprint density at radius 2 is 2.14 bits per heavy atom. The minimum atomic E-state index is -0.331. The van der Waals surface area contributed by atoms with Gasteiger partial charge in [0.25, 0.3) is 0 Å². The van der Waals surface area contributed by atoms with Crippen molar-refractivity contribution in [2.75, 3.05) is 13.7 Å². The second-order valence-electron chi connectivity index (χ2n) is 3.10. The number of ether oxygens (including phenoxy) is 1. The zero-order chi connectivity index (χ0) is 11.0. The van der Waals surface area contributed by atoms with Crippen LogP contribution in [0.5, 0.6) is 0 Å². The molecule has 0 N–H and O–H groups in total. The van der Waals surface area contributed by atoms with Gasteiger partial charge in [0.05, 0.1) is 6.61 Å². The Kier molecular flexibility index (Phi) is 6.45. The summed E-state index contributed by atoms with van der Waals surface area (Å²) in [5, 5.41) is 5.66. The smallest absolute Gasteiger partial charge is 0.332 e. The van der Waals surface area contributed by atoms with Crippen LogP contribution in [0.1, 0.15) is 27.2 Å². The number of carbonyl (C=O) groups excluding carboxylic acids is 1. The summed E-state index contributed by atoms with van der Waals surface area (Å²) in [5.41, 5.74) is 0.930. The molecular weight excluding hydrogens is 180 g/mol. The number of hydrazone groups is 1. The number of carbonyl (C=O) groups is 1. The van der Waals surface area contributed by atoms with E-state index in [9.17, 15) is 4.79 Å². The van der Waals surface area contributed by atoms with Gasteiger partial charge in [0, 0.05) is 25.0 Å². The van der Waals surface area contributed by atoms with Gasteiger partial charge in [-0.2, -0.15) is 5.10 Å². The Hall–Kier alpha value is -1.32. The van der Waals surface area contributed by atoms with Crippen molar-refractivity contribution in [2.24, 2.45) is 5.10 Å². The zero-order valence-electron chi connectivity index (χ0n) is 9.28. The maximum atomic E-state index is 11.0. The van der Waals surface area contributed by atoms with Gasteiger partial charge in [0.2, 0.25) is 0 Å². The molecule has 0 fully saturated rings. The van der Waals surface area contributed by atoms with Gasteiger partial charge in [0.15, 0.2) is 0 Å². The molecule has 0 aliphatic carbocycles. The van der Waals surface area contributed by atoms with Gasteiger partial charge in [-0.1, -0.05) is 6.92 Å². The first kappa shape index (κ1) is 12.7. The van der Waals surface area contributed by atoms with Crippen LogP contribution in [0.4, 0.5) is 0 Å². The van der Waals surface area contributed by atoms with Crippen molar-refractivity contribution in [1.82, 2.24) is 5.01 Å². The van der Waals surface area contributed by atoms with Crippen LogP contribution >= 0.6 is 0 Å². The van der Waals surface area contributed by atoms with Crippen LogP contribution < -0.4 is 0 Å². The fourth-order valence-corrected chi connectivity index (χ4v) is 0.768. The van der Waals surface area contributed by atoms with Crippen molar-refractivity contribution < 1.29 is 9.53 Å². The standard InChI is InChI=1S/C10H18N2O2/c1-5-8-14-10(13)6-7-12(4)11-9(2)3/h6-7H,5,8H2,1-4H3. The van der Waals surface area contributed by atoms with E-state index < -0.39 is 0 Å². The van der Waals surface area contributed by atoms with Gasteiger partial charge in [-0.3, -0.25) is 5.01 Å². The second kappa shape index (κ2) is 7.12. The molecule has 0 unspecified atom stereocenters. The summed E-state index contributed by atoms with van der Waals surface area (Å²) in [7, 11) is 1.76. The van der Waals surface area contributed by atoms with Gasteiger partial charge < -0.3 is 4.74 Å². The predicted molar refractivity (Wildman–Crippen MR) is 56.9 cm³/mol. The molecule has 0 rings (SSSR count). The summed E-state index contributed by atoms with van der Waals surface area (Å²) < 4.78 is 4.85. The van der Waals surface area contributed by atoms with Crippen molar-refractivity contribution >= 4 is 11.7 Å². The molecule has 0 aromatic rings. The van der Waals surface area contributed by atoms with E-state index in [1.807, 2.05) is 20.8 Å². The molecule has 80 valence electrons. The first-order chi connectivity index (χ1) is 6.56. The first-order valence-corrected chi connectivity index (χ1v) is 4.66. The van der Waals surface area contributed by atoms with Crippen LogP contribution in [0.25, 0.3) is 0 Å². The molecule has 0 heterocycles. The molecular formula is C10H18N2O2. The Labute approximate surface area is 85.2 Å². The van der Waals surface area contributed by atoms with Crippen molar-refractivity contribution in [3.05, 3.63) is 12.3 Å². The molecule has 0 atom stereocenters. The molecule has 0 amide bonds. The van der Waals surface area contributed by atoms with E-state index in [4.69, 9.17) is 4.74 Å². The van der Waals surface area contributed by atoms with Crippen molar-refractivity contribution in [3.8, 4) is 0 Å². The molecule has 0 radical (unpaired) electrons. The van der Waals surface area contributed by atoms with Gasteiger partial charge in [-0.15, -0.1) is 0 Å². The third kappa shape index (κ3) is 7.34. The van der Waals surface area contributed by atoms with E-state index in [0.717, 1.165) is 12.1 Å². The number of hydrogen-bond acceptors (Lipinski definition) is 4. The highest BCUT2D eigenvalue weighted by Gasteiger charge is 1.95. The minimum absolute atomic E-state index is 0.331. The molecule has 0 aliphatic heterocycles. The van der Waals surface area contributed by atoms with Crippen molar-refractivity contribution in [3.63, 3.8) is 0 Å². The minimum Gasteiger partial charge on any atom is -0.463 e. The Morgan fingerprint density at radius 3 is 2.64 bits per heavy atom. The van der Waals surface area contributed by atoms with Crippen molar-refractivity contribution in [2.45, 2.75) is 27.2 Å². The molecule has 4 heteroatoms. The molecule has 0 bridgehead atoms. The summed E-state index contributed by atoms with van der Waals surface area (Å²) in [6.07, 6.45) is 3.77. The molecule has 0 aliphatic rings. The van der Waals surface area contributed by atoms with Crippen molar-refractivity contribution in [1.29, 1.82) is 0 Å². The zero-order valence-corrected chi connectivity index (χ0v) is 9.28. The SMILES string of the molecule is CCCOC(=O)C=CN(C)N=C(C)C. The van der Waals surface area contributed by atoms with E-state index in [-0.39, 0.29) is 5.97 Å². The van der Waals surface area contributed by atoms with E-state index in [0.29, 0.717) is 6.61 Å². The lowest BCUT2D eigenvalue weighted by Crippen LogP contribution is -2.07. The molecule has 0 saturated carbocycles. The highest BCUT2D eigenvalue weighted by atomic mass is 16.5. The third-order valence-electron chi connectivity index (χ3n) is 1.23. The summed E-state index contributed by atoms with van der Waals surface area (Å²) in [6.45, 7) is 6.19. The normalized spacial score (nSPS) is 10.0. The highest BCUT2D eigenvalue weighted by molar-refractivity contribution is 5.82. The van der Waals surface area contributed by atoms with Gasteiger partial charge in [-0.25, -0.2) is 4.79 Å². The fraction of sp³-hybridized carbons (Fsp3) is 0.600. The summed E-state index contributed by atoms with van der Waals surface area (Å²) >= 11 is 0. The average Bonchev–Trinajstić information content (AvgIpc) is 2.10. The van der Waals surface area contributed by atoms with E-state index >= 15 is 0 Å². The number of esters is 1. The van der Waals surface area contributed by atoms with Crippen LogP contribution in [-0.4, -0.2) is 30.3 Å². The second-order valence-corrected chi connectivity index (χ2v) is 3.10. The van der Waals surface area contributed by atoms with Crippen LogP contribution in [0.3, 0.4) is 0 Å². The third-order valence-corrected chi connectivity index (χ3v) is 1.23. The van der Waals surface area contributed by atoms with Crippen LogP contribution in [0.15, 0.2) is 17.4 Å². The average molecular weight is 198 g/mol. The first-order valence-electron chi connectivity index (χ1n) is 4.66. The molecule has 0 saturated heterocycles. The summed E-state index contributed by atoms with van der Waals surface area (Å²) in [6, 6.07) is 0. The summed E-state index contributed by atoms with van der Waals surface area (Å²) in [5.74, 6) is -0.331. The monoisotopic (exact) mass is 198 g/mol. The van der Waals surface area contributed by atoms with Gasteiger partial charge in [-0.05, 0) is 20.3 Å². The maximum Gasteiger partial charge on any atom is 0.332 e. The lowest BCUT2D eigenvalue weighted by molar-refractivity contribution is -0.137. The Balaban J connectivity index is 3.91. The maximum absolute atomic E-state index is 11.0. The van der Waals surface area contributed by atoms with E-state index in [2.05, 4.69) is 5.10 Å². The highest BCUT2D eigenvalue weighted by Crippen LogP contribution is 1.90. The molecule has 0 aromatic carbocycles. The molecule has 0 aromatic heterocycles. The molecule has 14 heavy (non-hydrogen) atoms. The lowest BCUT2D eigenvalue weighted by atomic mass is 10.5. The number of hydrogen-bond donors (Lipinski definition) is 0. The Bertz CT molecular complexity index is 230. The predicted octanol–water partition coefficient (Wildman–Crippen LogP) is 1.78. The summed E-state index contributed by atoms with van der Waals surface area (Å²) in [4.78, 5) is 11.0. The fourth-order valence-electron chi connectivity index (χ4n) is 0.768. The Morgan fingerprint density at radius 1 is 1.50 bits per heavy atom. The largest absolute Gasteiger partial charge is 0.463 e. The molecule has 0 spiro atoms. The number of rotatable bonds is 5. The lowest BCUT2D eigenvalue weighted by Gasteiger charge is -2.06. The van der Waals surface area contributed by atoms with E-state index in [1.54, 1.807) is 18.3 Å². The van der Waals surface area contributed by atoms with Gasteiger partial charge >= 0.3 is 5.97 Å². The van der Waals surface area contributed by atoms with E-state index in [1.165, 1.54) is 6.08 Å². The van der Waals surface area contributed by atoms with Gasteiger partial charge in [0.1, 0.15) is 0 Å². The quantitative estimate of drug-likeness (QED) is 0.293. The molecule has 4 nitrogen and oxygen atoms in total.